The van der Waals surface area contributed by atoms with Gasteiger partial charge in [0.05, 0.1) is 25.1 Å². The SMILES string of the molecule is Cn1c(-c2ccccc2)c(N=Nc2c(Br)cc([N+](=O)[O-])cc2Br)c2ccccc21. The number of hydrogen-bond acceptors (Lipinski definition) is 4. The van der Waals surface area contributed by atoms with Gasteiger partial charge in [-0.3, -0.25) is 10.1 Å². The zero-order valence-electron chi connectivity index (χ0n) is 15.2. The third-order valence-corrected chi connectivity index (χ3v) is 5.80. The Kier molecular flexibility index (Phi) is 5.29. The molecular weight excluding hydrogens is 500 g/mol. The van der Waals surface area contributed by atoms with E-state index in [1.165, 1.54) is 12.1 Å². The molecule has 0 N–H and O–H groups in total. The van der Waals surface area contributed by atoms with Crippen LogP contribution in [0.1, 0.15) is 0 Å². The predicted octanol–water partition coefficient (Wildman–Crippen LogP) is 7.69. The summed E-state index contributed by atoms with van der Waals surface area (Å²) >= 11 is 6.73. The number of para-hydroxylation sites is 1. The summed E-state index contributed by atoms with van der Waals surface area (Å²) in [5.41, 5.74) is 4.22. The van der Waals surface area contributed by atoms with Gasteiger partial charge in [-0.15, -0.1) is 10.2 Å². The zero-order valence-corrected chi connectivity index (χ0v) is 18.4. The van der Waals surface area contributed by atoms with E-state index in [2.05, 4.69) is 46.7 Å². The second-order valence-electron chi connectivity index (χ2n) is 6.35. The number of nitro benzene ring substituents is 1. The summed E-state index contributed by atoms with van der Waals surface area (Å²) in [4.78, 5) is 10.6. The van der Waals surface area contributed by atoms with E-state index in [0.717, 1.165) is 27.8 Å². The molecule has 4 aromatic rings. The van der Waals surface area contributed by atoms with Crippen LogP contribution in [0.4, 0.5) is 17.1 Å². The number of nitrogens with zero attached hydrogens (tertiary/aromatic N) is 4. The van der Waals surface area contributed by atoms with Crippen molar-refractivity contribution in [3.63, 3.8) is 0 Å². The Hall–Kier alpha value is -2.84. The Morgan fingerprint density at radius 3 is 2.14 bits per heavy atom. The fourth-order valence-corrected chi connectivity index (χ4v) is 4.57. The normalized spacial score (nSPS) is 11.4. The highest BCUT2D eigenvalue weighted by atomic mass is 79.9. The van der Waals surface area contributed by atoms with Gasteiger partial charge < -0.3 is 4.57 Å². The highest BCUT2D eigenvalue weighted by Crippen LogP contribution is 2.42. The molecule has 6 nitrogen and oxygen atoms in total. The molecule has 144 valence electrons. The van der Waals surface area contributed by atoms with E-state index in [-0.39, 0.29) is 5.69 Å². The molecule has 0 bridgehead atoms. The maximum Gasteiger partial charge on any atom is 0.271 e. The Morgan fingerprint density at radius 2 is 1.48 bits per heavy atom. The zero-order chi connectivity index (χ0) is 20.5. The number of rotatable bonds is 4. The highest BCUT2D eigenvalue weighted by Gasteiger charge is 2.18. The molecule has 0 atom stereocenters. The molecule has 29 heavy (non-hydrogen) atoms. The molecule has 0 spiro atoms. The Morgan fingerprint density at radius 1 is 0.897 bits per heavy atom. The summed E-state index contributed by atoms with van der Waals surface area (Å²) in [7, 11) is 2.00. The second kappa shape index (κ2) is 7.88. The van der Waals surface area contributed by atoms with E-state index in [1.54, 1.807) is 0 Å². The van der Waals surface area contributed by atoms with Crippen molar-refractivity contribution in [2.24, 2.45) is 17.3 Å². The van der Waals surface area contributed by atoms with E-state index in [4.69, 9.17) is 0 Å². The molecule has 0 aliphatic carbocycles. The highest BCUT2D eigenvalue weighted by molar-refractivity contribution is 9.11. The van der Waals surface area contributed by atoms with Crippen LogP contribution >= 0.6 is 31.9 Å². The van der Waals surface area contributed by atoms with Gasteiger partial charge in [-0.1, -0.05) is 48.5 Å². The topological polar surface area (TPSA) is 72.8 Å². The molecule has 0 radical (unpaired) electrons. The molecule has 0 aliphatic rings. The van der Waals surface area contributed by atoms with Crippen LogP contribution in [0.3, 0.4) is 0 Å². The summed E-state index contributed by atoms with van der Waals surface area (Å²) in [6.07, 6.45) is 0. The minimum absolute atomic E-state index is 0.0298. The Balaban J connectivity index is 1.90. The van der Waals surface area contributed by atoms with Crippen molar-refractivity contribution in [1.82, 2.24) is 4.57 Å². The first-order valence-corrected chi connectivity index (χ1v) is 10.2. The van der Waals surface area contributed by atoms with Crippen molar-refractivity contribution < 1.29 is 4.92 Å². The standard InChI is InChI=1S/C21H14Br2N4O2/c1-26-18-10-6-5-9-15(18)19(21(26)13-7-3-2-4-8-13)24-25-20-16(22)11-14(27(28)29)12-17(20)23/h2-12H,1H3. The number of nitro groups is 1. The van der Waals surface area contributed by atoms with Crippen molar-refractivity contribution in [3.8, 4) is 11.3 Å². The summed E-state index contributed by atoms with van der Waals surface area (Å²) in [6, 6.07) is 20.8. The lowest BCUT2D eigenvalue weighted by molar-refractivity contribution is -0.385. The average Bonchev–Trinajstić information content (AvgIpc) is 3.00. The van der Waals surface area contributed by atoms with Gasteiger partial charge in [0.25, 0.3) is 5.69 Å². The van der Waals surface area contributed by atoms with Gasteiger partial charge in [0.2, 0.25) is 0 Å². The molecule has 8 heteroatoms. The van der Waals surface area contributed by atoms with Crippen LogP contribution in [0, 0.1) is 10.1 Å². The number of aromatic nitrogens is 1. The monoisotopic (exact) mass is 512 g/mol. The molecule has 0 unspecified atom stereocenters. The van der Waals surface area contributed by atoms with Gasteiger partial charge in [-0.25, -0.2) is 0 Å². The Bertz CT molecular complexity index is 1240. The van der Waals surface area contributed by atoms with Crippen LogP contribution in [-0.2, 0) is 7.05 Å². The lowest BCUT2D eigenvalue weighted by atomic mass is 10.1. The molecule has 1 heterocycles. The molecule has 0 saturated carbocycles. The van der Waals surface area contributed by atoms with Gasteiger partial charge >= 0.3 is 0 Å². The minimum atomic E-state index is -0.450. The molecule has 3 aromatic carbocycles. The third kappa shape index (κ3) is 3.61. The van der Waals surface area contributed by atoms with Crippen LogP contribution in [0.2, 0.25) is 0 Å². The van der Waals surface area contributed by atoms with Crippen molar-refractivity contribution in [2.75, 3.05) is 0 Å². The van der Waals surface area contributed by atoms with Crippen LogP contribution in [0.5, 0.6) is 0 Å². The molecule has 0 fully saturated rings. The van der Waals surface area contributed by atoms with E-state index >= 15 is 0 Å². The summed E-state index contributed by atoms with van der Waals surface area (Å²) in [5, 5.41) is 21.0. The first-order valence-electron chi connectivity index (χ1n) is 8.65. The Labute approximate surface area is 183 Å². The molecule has 0 amide bonds. The van der Waals surface area contributed by atoms with Gasteiger partial charge in [0, 0.05) is 30.1 Å². The van der Waals surface area contributed by atoms with Crippen molar-refractivity contribution in [3.05, 3.63) is 85.8 Å². The maximum absolute atomic E-state index is 11.1. The number of halogens is 2. The quantitative estimate of drug-likeness (QED) is 0.159. The van der Waals surface area contributed by atoms with Crippen molar-refractivity contribution >= 4 is 59.8 Å². The number of aryl methyl sites for hydroxylation is 1. The summed E-state index contributed by atoms with van der Waals surface area (Å²) in [6.45, 7) is 0. The van der Waals surface area contributed by atoms with Gasteiger partial charge in [-0.05, 0) is 37.9 Å². The van der Waals surface area contributed by atoms with Crippen LogP contribution in [0.15, 0.2) is 85.9 Å². The number of azo groups is 1. The van der Waals surface area contributed by atoms with E-state index in [9.17, 15) is 10.1 Å². The fraction of sp³-hybridized carbons (Fsp3) is 0.0476. The third-order valence-electron chi connectivity index (χ3n) is 4.59. The van der Waals surface area contributed by atoms with E-state index in [1.807, 2.05) is 61.6 Å². The van der Waals surface area contributed by atoms with Gasteiger partial charge in [0.15, 0.2) is 0 Å². The largest absolute Gasteiger partial charge is 0.342 e. The fourth-order valence-electron chi connectivity index (χ4n) is 3.25. The van der Waals surface area contributed by atoms with Gasteiger partial charge in [0.1, 0.15) is 11.4 Å². The molecular formula is C21H14Br2N4O2. The van der Waals surface area contributed by atoms with Gasteiger partial charge in [-0.2, -0.15) is 0 Å². The molecule has 0 aliphatic heterocycles. The lowest BCUT2D eigenvalue weighted by Crippen LogP contribution is -1.90. The van der Waals surface area contributed by atoms with Crippen molar-refractivity contribution in [2.45, 2.75) is 0 Å². The number of non-ortho nitro benzene ring substituents is 1. The van der Waals surface area contributed by atoms with Crippen LogP contribution in [-0.4, -0.2) is 9.49 Å². The second-order valence-corrected chi connectivity index (χ2v) is 8.06. The first kappa shape index (κ1) is 19.5. The average molecular weight is 514 g/mol. The van der Waals surface area contributed by atoms with E-state index < -0.39 is 4.92 Å². The summed E-state index contributed by atoms with van der Waals surface area (Å²) < 4.78 is 3.08. The maximum atomic E-state index is 11.1. The predicted molar refractivity (Wildman–Crippen MR) is 121 cm³/mol. The van der Waals surface area contributed by atoms with Crippen LogP contribution in [0.25, 0.3) is 22.2 Å². The molecule has 0 saturated heterocycles. The lowest BCUT2D eigenvalue weighted by Gasteiger charge is -2.06. The number of hydrogen-bond donors (Lipinski definition) is 0. The van der Waals surface area contributed by atoms with Crippen molar-refractivity contribution in [1.29, 1.82) is 0 Å². The number of benzene rings is 3. The number of fused-ring (bicyclic) bond motifs is 1. The smallest absolute Gasteiger partial charge is 0.271 e. The van der Waals surface area contributed by atoms with E-state index in [0.29, 0.717) is 14.6 Å². The molecule has 4 rings (SSSR count). The molecule has 1 aromatic heterocycles. The van der Waals surface area contributed by atoms with Crippen LogP contribution < -0.4 is 0 Å². The summed E-state index contributed by atoms with van der Waals surface area (Å²) in [5.74, 6) is 0. The minimum Gasteiger partial charge on any atom is -0.342 e. The first-order chi connectivity index (χ1) is 14.0.